The van der Waals surface area contributed by atoms with E-state index in [-0.39, 0.29) is 6.42 Å². The Kier molecular flexibility index (Phi) is 3.18. The largest absolute Gasteiger partial charge is 0.481 e. The van der Waals surface area contributed by atoms with Crippen molar-refractivity contribution in [2.24, 2.45) is 0 Å². The second-order valence-electron chi connectivity index (χ2n) is 2.38. The summed E-state index contributed by atoms with van der Waals surface area (Å²) < 4.78 is 0. The van der Waals surface area contributed by atoms with Gasteiger partial charge in [-0.2, -0.15) is 4.80 Å². The van der Waals surface area contributed by atoms with Gasteiger partial charge in [0, 0.05) is 6.42 Å². The Hall–Kier alpha value is -1.46. The Bertz CT molecular complexity index is 234. The van der Waals surface area contributed by atoms with Crippen LogP contribution in [0.1, 0.15) is 19.3 Å². The van der Waals surface area contributed by atoms with E-state index in [1.807, 2.05) is 0 Å². The van der Waals surface area contributed by atoms with Crippen molar-refractivity contribution in [2.45, 2.75) is 25.8 Å². The van der Waals surface area contributed by atoms with Crippen LogP contribution in [0.3, 0.4) is 0 Å². The van der Waals surface area contributed by atoms with Crippen molar-refractivity contribution in [3.05, 3.63) is 6.33 Å². The molecule has 12 heavy (non-hydrogen) atoms. The molecule has 0 saturated heterocycles. The number of tetrazole rings is 1. The van der Waals surface area contributed by atoms with E-state index in [0.717, 1.165) is 6.42 Å². The van der Waals surface area contributed by atoms with Gasteiger partial charge in [0.1, 0.15) is 0 Å². The number of hydrogen-bond acceptors (Lipinski definition) is 4. The van der Waals surface area contributed by atoms with Crippen LogP contribution in [0, 0.1) is 0 Å². The molecule has 0 aliphatic carbocycles. The SMILES string of the molecule is O=C(O)CCCCn1ncnn1. The van der Waals surface area contributed by atoms with Crippen LogP contribution in [0.15, 0.2) is 6.33 Å². The van der Waals surface area contributed by atoms with Crippen molar-refractivity contribution >= 4 is 5.97 Å². The summed E-state index contributed by atoms with van der Waals surface area (Å²) in [6.45, 7) is 0.632. The highest BCUT2D eigenvalue weighted by Crippen LogP contribution is 1.96. The third-order valence-corrected chi connectivity index (χ3v) is 1.39. The lowest BCUT2D eigenvalue weighted by Gasteiger charge is -1.95. The first kappa shape index (κ1) is 8.63. The van der Waals surface area contributed by atoms with Crippen molar-refractivity contribution in [2.75, 3.05) is 0 Å². The number of carbonyl (C=O) groups is 1. The van der Waals surface area contributed by atoms with Crippen LogP contribution in [0.25, 0.3) is 0 Å². The predicted molar refractivity (Wildman–Crippen MR) is 39.3 cm³/mol. The molecule has 0 aliphatic heterocycles. The van der Waals surface area contributed by atoms with Gasteiger partial charge in [-0.1, -0.05) is 0 Å². The van der Waals surface area contributed by atoms with E-state index in [1.54, 1.807) is 0 Å². The number of unbranched alkanes of at least 4 members (excludes halogenated alkanes) is 1. The molecule has 1 N–H and O–H groups in total. The standard InChI is InChI=1S/C6H10N4O2/c11-6(12)3-1-2-4-10-8-5-7-9-10/h5H,1-4H2,(H,11,12). The maximum Gasteiger partial charge on any atom is 0.303 e. The van der Waals surface area contributed by atoms with Crippen LogP contribution in [0.2, 0.25) is 0 Å². The number of rotatable bonds is 5. The number of aromatic nitrogens is 4. The highest BCUT2D eigenvalue weighted by atomic mass is 16.4. The first-order valence-electron chi connectivity index (χ1n) is 3.71. The second kappa shape index (κ2) is 4.42. The summed E-state index contributed by atoms with van der Waals surface area (Å²) in [7, 11) is 0. The number of aryl methyl sites for hydroxylation is 1. The van der Waals surface area contributed by atoms with Crippen LogP contribution in [0.5, 0.6) is 0 Å². The molecule has 0 aliphatic rings. The Labute approximate surface area is 69.2 Å². The Morgan fingerprint density at radius 3 is 2.92 bits per heavy atom. The summed E-state index contributed by atoms with van der Waals surface area (Å²) in [5.41, 5.74) is 0. The van der Waals surface area contributed by atoms with Gasteiger partial charge in [-0.15, -0.1) is 10.2 Å². The van der Waals surface area contributed by atoms with Gasteiger partial charge in [0.2, 0.25) is 0 Å². The minimum Gasteiger partial charge on any atom is -0.481 e. The van der Waals surface area contributed by atoms with Crippen molar-refractivity contribution in [1.29, 1.82) is 0 Å². The number of hydrogen-bond donors (Lipinski definition) is 1. The zero-order chi connectivity index (χ0) is 8.81. The average Bonchev–Trinajstić information content (AvgIpc) is 2.49. The minimum absolute atomic E-state index is 0.203. The average molecular weight is 170 g/mol. The molecule has 6 nitrogen and oxygen atoms in total. The molecular formula is C6H10N4O2. The normalized spacial score (nSPS) is 10.0. The fraction of sp³-hybridized carbons (Fsp3) is 0.667. The highest BCUT2D eigenvalue weighted by molar-refractivity contribution is 5.66. The van der Waals surface area contributed by atoms with E-state index in [0.29, 0.717) is 13.0 Å². The van der Waals surface area contributed by atoms with E-state index in [9.17, 15) is 4.79 Å². The zero-order valence-electron chi connectivity index (χ0n) is 6.55. The molecule has 0 aromatic carbocycles. The van der Waals surface area contributed by atoms with Gasteiger partial charge in [0.25, 0.3) is 0 Å². The molecular weight excluding hydrogens is 160 g/mol. The van der Waals surface area contributed by atoms with Crippen molar-refractivity contribution in [3.8, 4) is 0 Å². The first-order chi connectivity index (χ1) is 5.79. The maximum atomic E-state index is 10.1. The van der Waals surface area contributed by atoms with Crippen LogP contribution in [-0.2, 0) is 11.3 Å². The van der Waals surface area contributed by atoms with Crippen molar-refractivity contribution in [3.63, 3.8) is 0 Å². The van der Waals surface area contributed by atoms with Crippen molar-refractivity contribution < 1.29 is 9.90 Å². The summed E-state index contributed by atoms with van der Waals surface area (Å²) in [6, 6.07) is 0. The predicted octanol–water partition coefficient (Wildman–Crippen LogP) is -0.0720. The van der Waals surface area contributed by atoms with Crippen LogP contribution in [-0.4, -0.2) is 31.3 Å². The molecule has 1 heterocycles. The summed E-state index contributed by atoms with van der Waals surface area (Å²) >= 11 is 0. The molecule has 0 unspecified atom stereocenters. The summed E-state index contributed by atoms with van der Waals surface area (Å²) in [6.07, 6.45) is 2.98. The molecule has 6 heteroatoms. The lowest BCUT2D eigenvalue weighted by Crippen LogP contribution is -2.03. The molecule has 0 atom stereocenters. The van der Waals surface area contributed by atoms with Gasteiger partial charge in [0.15, 0.2) is 6.33 Å². The Balaban J connectivity index is 2.07. The molecule has 0 bridgehead atoms. The van der Waals surface area contributed by atoms with Gasteiger partial charge < -0.3 is 5.11 Å². The van der Waals surface area contributed by atoms with E-state index >= 15 is 0 Å². The lowest BCUT2D eigenvalue weighted by molar-refractivity contribution is -0.137. The van der Waals surface area contributed by atoms with E-state index in [2.05, 4.69) is 15.4 Å². The third-order valence-electron chi connectivity index (χ3n) is 1.39. The smallest absolute Gasteiger partial charge is 0.303 e. The Morgan fingerprint density at radius 1 is 1.50 bits per heavy atom. The van der Waals surface area contributed by atoms with Gasteiger partial charge in [-0.3, -0.25) is 4.79 Å². The van der Waals surface area contributed by atoms with E-state index in [1.165, 1.54) is 11.1 Å². The zero-order valence-corrected chi connectivity index (χ0v) is 6.55. The van der Waals surface area contributed by atoms with Crippen LogP contribution >= 0.6 is 0 Å². The second-order valence-corrected chi connectivity index (χ2v) is 2.38. The number of carboxylic acids is 1. The fourth-order valence-corrected chi connectivity index (χ4v) is 0.820. The molecule has 1 aromatic heterocycles. The first-order valence-corrected chi connectivity index (χ1v) is 3.71. The van der Waals surface area contributed by atoms with E-state index in [4.69, 9.17) is 5.11 Å². The molecule has 0 amide bonds. The molecule has 0 fully saturated rings. The van der Waals surface area contributed by atoms with Gasteiger partial charge in [-0.05, 0) is 18.1 Å². The van der Waals surface area contributed by atoms with Gasteiger partial charge in [-0.25, -0.2) is 0 Å². The summed E-state index contributed by atoms with van der Waals surface area (Å²) in [5.74, 6) is -0.762. The highest BCUT2D eigenvalue weighted by Gasteiger charge is 1.97. The van der Waals surface area contributed by atoms with Gasteiger partial charge >= 0.3 is 5.97 Å². The lowest BCUT2D eigenvalue weighted by atomic mass is 10.2. The molecule has 1 aromatic rings. The monoisotopic (exact) mass is 170 g/mol. The van der Waals surface area contributed by atoms with Crippen LogP contribution < -0.4 is 0 Å². The minimum atomic E-state index is -0.762. The van der Waals surface area contributed by atoms with Crippen LogP contribution in [0.4, 0.5) is 0 Å². The van der Waals surface area contributed by atoms with E-state index < -0.39 is 5.97 Å². The molecule has 0 saturated carbocycles. The quantitative estimate of drug-likeness (QED) is 0.625. The molecule has 0 radical (unpaired) electrons. The maximum absolute atomic E-state index is 10.1. The number of carboxylic acid groups (broad SMARTS) is 1. The van der Waals surface area contributed by atoms with Crippen molar-refractivity contribution in [1.82, 2.24) is 20.2 Å². The number of aliphatic carboxylic acids is 1. The molecule has 66 valence electrons. The third kappa shape index (κ3) is 3.09. The fourth-order valence-electron chi connectivity index (χ4n) is 0.820. The molecule has 0 spiro atoms. The summed E-state index contributed by atoms with van der Waals surface area (Å²) in [5, 5.41) is 19.3. The topological polar surface area (TPSA) is 80.9 Å². The van der Waals surface area contributed by atoms with Gasteiger partial charge in [0.05, 0.1) is 6.54 Å². The molecule has 1 rings (SSSR count). The Morgan fingerprint density at radius 2 is 2.33 bits per heavy atom. The summed E-state index contributed by atoms with van der Waals surface area (Å²) in [4.78, 5) is 11.6. The number of nitrogens with zero attached hydrogens (tertiary/aromatic N) is 4.